The van der Waals surface area contributed by atoms with Crippen LogP contribution in [0.1, 0.15) is 28.2 Å². The first-order valence-corrected chi connectivity index (χ1v) is 11.2. The molecule has 0 unspecified atom stereocenters. The highest BCUT2D eigenvalue weighted by molar-refractivity contribution is 7.15. The molecule has 5 rings (SSSR count). The normalized spacial score (nSPS) is 14.5. The molecule has 1 aliphatic rings. The Balaban J connectivity index is 1.46. The van der Waals surface area contributed by atoms with Crippen molar-refractivity contribution < 1.29 is 4.79 Å². The molecule has 146 valence electrons. The van der Waals surface area contributed by atoms with Gasteiger partial charge in [-0.1, -0.05) is 18.2 Å². The van der Waals surface area contributed by atoms with E-state index in [1.807, 2.05) is 35.8 Å². The Morgan fingerprint density at radius 3 is 2.86 bits per heavy atom. The zero-order chi connectivity index (χ0) is 19.6. The lowest BCUT2D eigenvalue weighted by molar-refractivity contribution is 0.102. The molecular formula is C21H19N5OS2. The molecule has 8 heteroatoms. The average Bonchev–Trinajstić information content (AvgIpc) is 3.51. The van der Waals surface area contributed by atoms with E-state index in [2.05, 4.69) is 25.2 Å². The minimum Gasteiger partial charge on any atom is -0.298 e. The highest BCUT2D eigenvalue weighted by Gasteiger charge is 2.16. The first kappa shape index (κ1) is 18.4. The number of aromatic nitrogens is 3. The quantitative estimate of drug-likeness (QED) is 0.507. The largest absolute Gasteiger partial charge is 0.298 e. The van der Waals surface area contributed by atoms with Gasteiger partial charge < -0.3 is 0 Å². The van der Waals surface area contributed by atoms with Gasteiger partial charge >= 0.3 is 0 Å². The number of carbonyl (C=O) groups excluding carboxylic acids is 1. The van der Waals surface area contributed by atoms with Gasteiger partial charge in [-0.05, 0) is 38.1 Å². The van der Waals surface area contributed by atoms with Gasteiger partial charge in [0.2, 0.25) is 0 Å². The van der Waals surface area contributed by atoms with E-state index in [4.69, 9.17) is 0 Å². The highest BCUT2D eigenvalue weighted by Crippen LogP contribution is 2.31. The van der Waals surface area contributed by atoms with Crippen molar-refractivity contribution in [2.24, 2.45) is 0 Å². The Morgan fingerprint density at radius 1 is 1.14 bits per heavy atom. The van der Waals surface area contributed by atoms with Gasteiger partial charge in [-0.15, -0.1) is 22.7 Å². The van der Waals surface area contributed by atoms with E-state index in [1.54, 1.807) is 23.6 Å². The van der Waals surface area contributed by atoms with E-state index >= 15 is 0 Å². The molecule has 6 nitrogen and oxygen atoms in total. The van der Waals surface area contributed by atoms with Crippen molar-refractivity contribution in [3.63, 3.8) is 0 Å². The van der Waals surface area contributed by atoms with Crippen LogP contribution in [0, 0.1) is 0 Å². The van der Waals surface area contributed by atoms with E-state index in [-0.39, 0.29) is 5.91 Å². The first-order valence-electron chi connectivity index (χ1n) is 9.54. The summed E-state index contributed by atoms with van der Waals surface area (Å²) in [6.45, 7) is 3.29. The number of thiazole rings is 2. The van der Waals surface area contributed by atoms with Gasteiger partial charge in [0.15, 0.2) is 5.13 Å². The molecular weight excluding hydrogens is 402 g/mol. The predicted octanol–water partition coefficient (Wildman–Crippen LogP) is 4.66. The molecule has 1 N–H and O–H groups in total. The Bertz CT molecular complexity index is 1150. The second-order valence-corrected chi connectivity index (χ2v) is 8.99. The molecule has 1 aliphatic heterocycles. The molecule has 1 amide bonds. The van der Waals surface area contributed by atoms with Crippen LogP contribution in [0.5, 0.6) is 0 Å². The van der Waals surface area contributed by atoms with Gasteiger partial charge in [0.25, 0.3) is 5.91 Å². The summed E-state index contributed by atoms with van der Waals surface area (Å²) >= 11 is 3.09. The summed E-state index contributed by atoms with van der Waals surface area (Å²) < 4.78 is 0. The van der Waals surface area contributed by atoms with Crippen LogP contribution in [-0.4, -0.2) is 38.8 Å². The molecule has 4 heterocycles. The van der Waals surface area contributed by atoms with Crippen molar-refractivity contribution in [2.45, 2.75) is 19.4 Å². The summed E-state index contributed by atoms with van der Waals surface area (Å²) in [6.07, 6.45) is 6.19. The van der Waals surface area contributed by atoms with Crippen LogP contribution < -0.4 is 5.32 Å². The van der Waals surface area contributed by atoms with Crippen molar-refractivity contribution in [2.75, 3.05) is 18.4 Å². The summed E-state index contributed by atoms with van der Waals surface area (Å²) in [4.78, 5) is 29.7. The van der Waals surface area contributed by atoms with Crippen LogP contribution in [0.4, 0.5) is 5.13 Å². The number of hydrogen-bond acceptors (Lipinski definition) is 7. The zero-order valence-corrected chi connectivity index (χ0v) is 17.3. The number of rotatable bonds is 5. The summed E-state index contributed by atoms with van der Waals surface area (Å²) in [7, 11) is 0. The fourth-order valence-corrected chi connectivity index (χ4v) is 5.06. The monoisotopic (exact) mass is 421 g/mol. The van der Waals surface area contributed by atoms with Crippen molar-refractivity contribution >= 4 is 44.6 Å². The Hall–Kier alpha value is -2.68. The lowest BCUT2D eigenvalue weighted by Gasteiger charge is -2.11. The van der Waals surface area contributed by atoms with Crippen molar-refractivity contribution in [3.05, 3.63) is 58.7 Å². The fourth-order valence-electron chi connectivity index (χ4n) is 3.56. The van der Waals surface area contributed by atoms with Crippen molar-refractivity contribution in [1.82, 2.24) is 19.9 Å². The Morgan fingerprint density at radius 2 is 2.03 bits per heavy atom. The average molecular weight is 422 g/mol. The van der Waals surface area contributed by atoms with E-state index < -0.39 is 0 Å². The molecule has 0 bridgehead atoms. The Kier molecular flexibility index (Phi) is 5.05. The molecule has 0 saturated carbocycles. The number of amides is 1. The number of benzene rings is 1. The molecule has 3 aromatic heterocycles. The fraction of sp³-hybridized carbons (Fsp3) is 0.238. The molecule has 4 aromatic rings. The third-order valence-electron chi connectivity index (χ3n) is 4.97. The number of hydrogen-bond donors (Lipinski definition) is 1. The SMILES string of the molecule is O=C(Nc1nccs1)c1ccc2cccc(-c3ncc(CN4CCCC4)s3)c2n1. The lowest BCUT2D eigenvalue weighted by atomic mass is 10.1. The molecule has 1 saturated heterocycles. The molecule has 29 heavy (non-hydrogen) atoms. The number of para-hydroxylation sites is 1. The topological polar surface area (TPSA) is 71.0 Å². The molecule has 1 aromatic carbocycles. The predicted molar refractivity (Wildman–Crippen MR) is 117 cm³/mol. The van der Waals surface area contributed by atoms with E-state index in [1.165, 1.54) is 42.1 Å². The molecule has 1 fully saturated rings. The van der Waals surface area contributed by atoms with Crippen LogP contribution in [0.15, 0.2) is 48.1 Å². The van der Waals surface area contributed by atoms with Crippen LogP contribution >= 0.6 is 22.7 Å². The van der Waals surface area contributed by atoms with Gasteiger partial charge in [0.1, 0.15) is 10.7 Å². The Labute approximate surface area is 176 Å². The summed E-state index contributed by atoms with van der Waals surface area (Å²) in [5, 5.41) is 7.11. The number of nitrogens with zero attached hydrogens (tertiary/aromatic N) is 4. The second-order valence-electron chi connectivity index (χ2n) is 6.98. The number of likely N-dealkylation sites (tertiary alicyclic amines) is 1. The molecule has 0 spiro atoms. The van der Waals surface area contributed by atoms with Gasteiger partial charge in [-0.3, -0.25) is 15.0 Å². The maximum Gasteiger partial charge on any atom is 0.276 e. The molecule has 0 aliphatic carbocycles. The maximum absolute atomic E-state index is 12.6. The van der Waals surface area contributed by atoms with Gasteiger partial charge in [0.05, 0.1) is 5.52 Å². The third kappa shape index (κ3) is 3.91. The van der Waals surface area contributed by atoms with Crippen LogP contribution in [0.25, 0.3) is 21.5 Å². The summed E-state index contributed by atoms with van der Waals surface area (Å²) in [6, 6.07) is 9.72. The highest BCUT2D eigenvalue weighted by atomic mass is 32.1. The summed E-state index contributed by atoms with van der Waals surface area (Å²) in [5.74, 6) is -0.259. The van der Waals surface area contributed by atoms with Gasteiger partial charge in [0, 0.05) is 40.1 Å². The smallest absolute Gasteiger partial charge is 0.276 e. The van der Waals surface area contributed by atoms with E-state index in [0.29, 0.717) is 10.8 Å². The molecule has 0 atom stereocenters. The number of anilines is 1. The number of nitrogens with one attached hydrogen (secondary N) is 1. The van der Waals surface area contributed by atoms with Gasteiger partial charge in [-0.2, -0.15) is 0 Å². The van der Waals surface area contributed by atoms with E-state index in [9.17, 15) is 4.79 Å². The number of fused-ring (bicyclic) bond motifs is 1. The van der Waals surface area contributed by atoms with Crippen molar-refractivity contribution in [3.8, 4) is 10.6 Å². The van der Waals surface area contributed by atoms with Crippen LogP contribution in [0.3, 0.4) is 0 Å². The van der Waals surface area contributed by atoms with Crippen LogP contribution in [0.2, 0.25) is 0 Å². The zero-order valence-electron chi connectivity index (χ0n) is 15.7. The number of carbonyl (C=O) groups is 1. The summed E-state index contributed by atoms with van der Waals surface area (Å²) in [5.41, 5.74) is 2.12. The first-order chi connectivity index (χ1) is 14.3. The standard InChI is InChI=1S/C21H19N5OS2/c27-19(25-21-22-8-11-28-21)17-7-6-14-4-3-5-16(18(14)24-17)20-23-12-15(29-20)13-26-9-1-2-10-26/h3-8,11-12H,1-2,9-10,13H2,(H,22,25,27). The minimum absolute atomic E-state index is 0.259. The van der Waals surface area contributed by atoms with E-state index in [0.717, 1.165) is 28.0 Å². The third-order valence-corrected chi connectivity index (χ3v) is 6.67. The maximum atomic E-state index is 12.6. The number of pyridine rings is 1. The van der Waals surface area contributed by atoms with Crippen molar-refractivity contribution in [1.29, 1.82) is 0 Å². The van der Waals surface area contributed by atoms with Gasteiger partial charge in [-0.25, -0.2) is 15.0 Å². The minimum atomic E-state index is -0.259. The van der Waals surface area contributed by atoms with Crippen LogP contribution in [-0.2, 0) is 6.54 Å². The lowest BCUT2D eigenvalue weighted by Crippen LogP contribution is -2.17. The second kappa shape index (κ2) is 7.98. The molecule has 0 radical (unpaired) electrons.